The SMILES string of the molecule is C=C1C[C@H](CCCOP(P)P(P)P)O[C@H]1C(C)C. The van der Waals surface area contributed by atoms with Crippen molar-refractivity contribution in [3.63, 3.8) is 0 Å². The van der Waals surface area contributed by atoms with Gasteiger partial charge in [0, 0.05) is 0 Å². The second-order valence-electron chi connectivity index (χ2n) is 4.94. The fourth-order valence-corrected chi connectivity index (χ4v) is 4.71. The van der Waals surface area contributed by atoms with Crippen LogP contribution in [0.15, 0.2) is 12.2 Å². The van der Waals surface area contributed by atoms with E-state index < -0.39 is 0 Å². The predicted octanol–water partition coefficient (Wildman–Crippen LogP) is 5.32. The highest BCUT2D eigenvalue weighted by Gasteiger charge is 2.30. The van der Waals surface area contributed by atoms with E-state index in [1.807, 2.05) is 0 Å². The third-order valence-corrected chi connectivity index (χ3v) is 17.3. The summed E-state index contributed by atoms with van der Waals surface area (Å²) in [7, 11) is 8.12. The van der Waals surface area contributed by atoms with E-state index in [0.717, 1.165) is 25.9 Å². The van der Waals surface area contributed by atoms with Crippen molar-refractivity contribution in [2.75, 3.05) is 6.61 Å². The Bertz CT molecular complexity index is 272. The van der Waals surface area contributed by atoms with E-state index in [0.29, 0.717) is 12.0 Å². The minimum Gasteiger partial charge on any atom is -0.370 e. The smallest absolute Gasteiger partial charge is 0.0810 e. The average Bonchev–Trinajstić information content (AvgIpc) is 2.65. The van der Waals surface area contributed by atoms with Gasteiger partial charge in [0.05, 0.1) is 26.3 Å². The highest BCUT2D eigenvalue weighted by atomic mass is 32.8. The average molecular weight is 344 g/mol. The third kappa shape index (κ3) is 6.06. The second kappa shape index (κ2) is 8.96. The molecule has 1 aliphatic heterocycles. The van der Waals surface area contributed by atoms with Gasteiger partial charge in [-0.05, 0) is 37.7 Å². The first-order valence-electron chi connectivity index (χ1n) is 6.22. The Morgan fingerprint density at radius 2 is 2.11 bits per heavy atom. The molecule has 2 nitrogen and oxygen atoms in total. The summed E-state index contributed by atoms with van der Waals surface area (Å²) in [6, 6.07) is 0. The highest BCUT2D eigenvalue weighted by molar-refractivity contribution is 8.80. The van der Waals surface area contributed by atoms with Crippen molar-refractivity contribution in [1.82, 2.24) is 0 Å². The Morgan fingerprint density at radius 3 is 2.61 bits per heavy atom. The molecule has 1 rings (SSSR count). The lowest BCUT2D eigenvalue weighted by Gasteiger charge is -2.18. The maximum Gasteiger partial charge on any atom is 0.0810 e. The number of ether oxygens (including phenoxy) is 1. The fraction of sp³-hybridized carbons (Fsp3) is 0.818. The topological polar surface area (TPSA) is 18.5 Å². The summed E-state index contributed by atoms with van der Waals surface area (Å²) in [5.74, 6) is 0.538. The lowest BCUT2D eigenvalue weighted by Crippen LogP contribution is -2.17. The Labute approximate surface area is 121 Å². The zero-order chi connectivity index (χ0) is 13.7. The van der Waals surface area contributed by atoms with Crippen molar-refractivity contribution in [3.8, 4) is 0 Å². The predicted molar refractivity (Wildman–Crippen MR) is 95.4 cm³/mol. The van der Waals surface area contributed by atoms with Crippen LogP contribution in [0.2, 0.25) is 0 Å². The van der Waals surface area contributed by atoms with Gasteiger partial charge in [0.1, 0.15) is 0 Å². The molecule has 106 valence electrons. The summed E-state index contributed by atoms with van der Waals surface area (Å²) in [5, 5.41) is 0. The molecule has 0 bridgehead atoms. The van der Waals surface area contributed by atoms with Gasteiger partial charge in [-0.25, -0.2) is 0 Å². The van der Waals surface area contributed by atoms with Crippen molar-refractivity contribution in [2.24, 2.45) is 5.92 Å². The van der Waals surface area contributed by atoms with E-state index in [1.54, 1.807) is 0 Å². The number of hydrogen-bond donors (Lipinski definition) is 0. The zero-order valence-corrected chi connectivity index (χ0v) is 16.5. The Kier molecular flexibility index (Phi) is 8.89. The lowest BCUT2D eigenvalue weighted by atomic mass is 9.99. The first-order chi connectivity index (χ1) is 8.41. The molecule has 1 saturated heterocycles. The van der Waals surface area contributed by atoms with Gasteiger partial charge < -0.3 is 9.26 Å². The van der Waals surface area contributed by atoms with Gasteiger partial charge in [-0.15, -0.1) is 17.9 Å². The molecular formula is C11H25O2P5. The summed E-state index contributed by atoms with van der Waals surface area (Å²) in [4.78, 5) is 0. The molecule has 4 unspecified atom stereocenters. The summed E-state index contributed by atoms with van der Waals surface area (Å²) >= 11 is 0. The molecule has 0 N–H and O–H groups in total. The van der Waals surface area contributed by atoms with Gasteiger partial charge in [-0.3, -0.25) is 0 Å². The Hall–Kier alpha value is 1.81. The molecule has 6 atom stereocenters. The molecule has 1 heterocycles. The van der Waals surface area contributed by atoms with Crippen LogP contribution >= 0.6 is 41.3 Å². The van der Waals surface area contributed by atoms with E-state index in [4.69, 9.17) is 9.26 Å². The van der Waals surface area contributed by atoms with E-state index in [1.165, 1.54) is 5.57 Å². The van der Waals surface area contributed by atoms with Crippen LogP contribution in [0, 0.1) is 5.92 Å². The molecule has 1 fully saturated rings. The maximum absolute atomic E-state index is 6.03. The van der Waals surface area contributed by atoms with Crippen molar-refractivity contribution >= 4 is 41.3 Å². The molecule has 0 aromatic heterocycles. The number of hydrogen-bond acceptors (Lipinski definition) is 2. The van der Waals surface area contributed by atoms with Crippen LogP contribution < -0.4 is 0 Å². The summed E-state index contributed by atoms with van der Waals surface area (Å²) in [6.07, 6.45) is 3.81. The van der Waals surface area contributed by atoms with E-state index >= 15 is 0 Å². The third-order valence-electron chi connectivity index (χ3n) is 2.96. The molecule has 0 aliphatic carbocycles. The molecule has 0 saturated carbocycles. The van der Waals surface area contributed by atoms with Crippen molar-refractivity contribution in [2.45, 2.75) is 45.3 Å². The van der Waals surface area contributed by atoms with E-state index in [9.17, 15) is 0 Å². The van der Waals surface area contributed by atoms with E-state index in [2.05, 4.69) is 47.2 Å². The monoisotopic (exact) mass is 344 g/mol. The summed E-state index contributed by atoms with van der Waals surface area (Å²) in [5.41, 5.74) is 1.27. The molecule has 0 amide bonds. The molecule has 0 aromatic rings. The maximum atomic E-state index is 6.03. The first-order valence-corrected chi connectivity index (χ1v) is 14.4. The zero-order valence-electron chi connectivity index (χ0n) is 11.2. The van der Waals surface area contributed by atoms with E-state index in [-0.39, 0.29) is 20.6 Å². The van der Waals surface area contributed by atoms with Gasteiger partial charge in [-0.1, -0.05) is 29.4 Å². The second-order valence-corrected chi connectivity index (χ2v) is 19.6. The Morgan fingerprint density at radius 1 is 1.44 bits per heavy atom. The van der Waals surface area contributed by atoms with Gasteiger partial charge in [-0.2, -0.15) is 0 Å². The van der Waals surface area contributed by atoms with Crippen LogP contribution in [0.4, 0.5) is 0 Å². The van der Waals surface area contributed by atoms with Gasteiger partial charge >= 0.3 is 0 Å². The largest absolute Gasteiger partial charge is 0.370 e. The summed E-state index contributed by atoms with van der Waals surface area (Å²) < 4.78 is 11.8. The fourth-order valence-electron chi connectivity index (χ4n) is 2.09. The normalized spacial score (nSPS) is 26.3. The molecule has 1 aliphatic rings. The first kappa shape index (κ1) is 17.9. The van der Waals surface area contributed by atoms with Crippen LogP contribution in [-0.2, 0) is 9.26 Å². The van der Waals surface area contributed by atoms with Gasteiger partial charge in [0.2, 0.25) is 0 Å². The van der Waals surface area contributed by atoms with Crippen molar-refractivity contribution < 1.29 is 9.26 Å². The quantitative estimate of drug-likeness (QED) is 0.354. The van der Waals surface area contributed by atoms with Crippen LogP contribution in [0.5, 0.6) is 0 Å². The standard InChI is InChI=1S/C11H25O2P5/c1-8(2)11-9(3)7-10(13-11)5-4-6-12-17(14)18(15)16/h8,10-11H,3-7,14-16H2,1-2H3/t10-,11-,17?/m0/s1. The highest BCUT2D eigenvalue weighted by Crippen LogP contribution is 2.83. The van der Waals surface area contributed by atoms with Crippen LogP contribution in [-0.4, -0.2) is 18.8 Å². The molecule has 0 spiro atoms. The molecule has 0 radical (unpaired) electrons. The van der Waals surface area contributed by atoms with Crippen molar-refractivity contribution in [1.29, 1.82) is 0 Å². The molecular weight excluding hydrogens is 319 g/mol. The van der Waals surface area contributed by atoms with Crippen molar-refractivity contribution in [3.05, 3.63) is 12.2 Å². The minimum atomic E-state index is -0.342. The minimum absolute atomic E-state index is 0.118. The lowest BCUT2D eigenvalue weighted by molar-refractivity contribution is 0.0220. The Balaban J connectivity index is 2.16. The van der Waals surface area contributed by atoms with Gasteiger partial charge in [0.25, 0.3) is 0 Å². The number of rotatable bonds is 7. The summed E-state index contributed by atoms with van der Waals surface area (Å²) in [6.45, 7) is 9.25. The van der Waals surface area contributed by atoms with Gasteiger partial charge in [0.15, 0.2) is 0 Å². The van der Waals surface area contributed by atoms with Crippen LogP contribution in [0.25, 0.3) is 0 Å². The van der Waals surface area contributed by atoms with Crippen LogP contribution in [0.3, 0.4) is 0 Å². The molecule has 7 heteroatoms. The van der Waals surface area contributed by atoms with Crippen LogP contribution in [0.1, 0.15) is 33.1 Å². The molecule has 18 heavy (non-hydrogen) atoms. The molecule has 0 aromatic carbocycles.